The maximum atomic E-state index is 11.7. The standard InChI is InChI=1S/C18H21N5O/c1-12-10-14-15(11-13(12)2)23(17(19)16(21-14)18(20)24)9-5-8-22-6-3-4-7-22/h3-4,6-7,10-11,19H,5,8-9H2,1-2H3,(H2,20,24). The van der Waals surface area contributed by atoms with Gasteiger partial charge in [0.2, 0.25) is 0 Å². The summed E-state index contributed by atoms with van der Waals surface area (Å²) < 4.78 is 3.93. The molecule has 1 amide bonds. The highest BCUT2D eigenvalue weighted by atomic mass is 16.1. The van der Waals surface area contributed by atoms with E-state index in [0.717, 1.165) is 29.6 Å². The number of hydrogen-bond acceptors (Lipinski definition) is 3. The molecule has 1 aromatic carbocycles. The van der Waals surface area contributed by atoms with Crippen LogP contribution in [0.3, 0.4) is 0 Å². The van der Waals surface area contributed by atoms with Gasteiger partial charge in [-0.1, -0.05) is 0 Å². The number of aromatic nitrogens is 3. The van der Waals surface area contributed by atoms with Gasteiger partial charge in [-0.05, 0) is 55.7 Å². The molecule has 0 radical (unpaired) electrons. The Morgan fingerprint density at radius 3 is 2.50 bits per heavy atom. The molecule has 0 saturated carbocycles. The lowest BCUT2D eigenvalue weighted by Crippen LogP contribution is -2.32. The Balaban J connectivity index is 2.05. The van der Waals surface area contributed by atoms with E-state index in [4.69, 9.17) is 11.1 Å². The molecule has 0 saturated heterocycles. The Kier molecular flexibility index (Phi) is 4.20. The van der Waals surface area contributed by atoms with E-state index in [1.165, 1.54) is 0 Å². The van der Waals surface area contributed by atoms with E-state index in [1.54, 1.807) is 0 Å². The van der Waals surface area contributed by atoms with E-state index < -0.39 is 5.91 Å². The maximum Gasteiger partial charge on any atom is 0.271 e. The Hall–Kier alpha value is -2.89. The Bertz CT molecular complexity index is 954. The molecule has 6 nitrogen and oxygen atoms in total. The molecule has 3 rings (SSSR count). The van der Waals surface area contributed by atoms with Crippen LogP contribution in [0.4, 0.5) is 0 Å². The van der Waals surface area contributed by atoms with Crippen LogP contribution < -0.4 is 11.2 Å². The molecular weight excluding hydrogens is 302 g/mol. The van der Waals surface area contributed by atoms with Gasteiger partial charge in [0.1, 0.15) is 0 Å². The molecule has 2 heterocycles. The van der Waals surface area contributed by atoms with Crippen molar-refractivity contribution in [2.75, 3.05) is 0 Å². The molecule has 3 aromatic rings. The number of nitrogens with one attached hydrogen (secondary N) is 1. The highest BCUT2D eigenvalue weighted by Gasteiger charge is 2.13. The first-order valence-electron chi connectivity index (χ1n) is 7.94. The van der Waals surface area contributed by atoms with Crippen molar-refractivity contribution < 1.29 is 4.79 Å². The third-order valence-corrected chi connectivity index (χ3v) is 4.31. The minimum Gasteiger partial charge on any atom is -0.364 e. The summed E-state index contributed by atoms with van der Waals surface area (Å²) in [5.74, 6) is -0.667. The Morgan fingerprint density at radius 1 is 1.17 bits per heavy atom. The van der Waals surface area contributed by atoms with E-state index in [0.29, 0.717) is 12.1 Å². The summed E-state index contributed by atoms with van der Waals surface area (Å²) in [6.45, 7) is 5.51. The molecule has 24 heavy (non-hydrogen) atoms. The van der Waals surface area contributed by atoms with Crippen LogP contribution in [0.25, 0.3) is 11.0 Å². The van der Waals surface area contributed by atoms with Gasteiger partial charge in [0.25, 0.3) is 5.91 Å². The molecule has 0 aliphatic heterocycles. The summed E-state index contributed by atoms with van der Waals surface area (Å²) in [6.07, 6.45) is 4.87. The zero-order chi connectivity index (χ0) is 17.3. The van der Waals surface area contributed by atoms with Crippen LogP contribution in [0.15, 0.2) is 36.7 Å². The first kappa shape index (κ1) is 16.0. The van der Waals surface area contributed by atoms with Crippen LogP contribution in [0, 0.1) is 19.3 Å². The molecule has 124 valence electrons. The number of nitrogens with two attached hydrogens (primary N) is 1. The number of fused-ring (bicyclic) bond motifs is 1. The summed E-state index contributed by atoms with van der Waals surface area (Å²) in [7, 11) is 0. The largest absolute Gasteiger partial charge is 0.364 e. The van der Waals surface area contributed by atoms with Crippen LogP contribution in [-0.4, -0.2) is 20.0 Å². The highest BCUT2D eigenvalue weighted by Crippen LogP contribution is 2.17. The SMILES string of the molecule is Cc1cc2nc(C(N)=O)c(=N)n(CCCn3cccc3)c2cc1C. The normalized spacial score (nSPS) is 11.1. The smallest absolute Gasteiger partial charge is 0.271 e. The summed E-state index contributed by atoms with van der Waals surface area (Å²) >= 11 is 0. The molecule has 2 aromatic heterocycles. The van der Waals surface area contributed by atoms with Crippen LogP contribution in [0.5, 0.6) is 0 Å². The number of nitrogens with zero attached hydrogens (tertiary/aromatic N) is 3. The maximum absolute atomic E-state index is 11.7. The molecule has 0 fully saturated rings. The molecule has 6 heteroatoms. The van der Waals surface area contributed by atoms with Gasteiger partial charge in [0.15, 0.2) is 11.2 Å². The molecular formula is C18H21N5O. The summed E-state index contributed by atoms with van der Waals surface area (Å²) in [6, 6.07) is 7.94. The van der Waals surface area contributed by atoms with Gasteiger partial charge in [0, 0.05) is 25.5 Å². The fourth-order valence-electron chi connectivity index (χ4n) is 2.85. The van der Waals surface area contributed by atoms with Gasteiger partial charge in [-0.2, -0.15) is 0 Å². The second kappa shape index (κ2) is 6.31. The van der Waals surface area contributed by atoms with Crippen molar-refractivity contribution in [3.05, 3.63) is 59.0 Å². The lowest BCUT2D eigenvalue weighted by atomic mass is 10.1. The lowest BCUT2D eigenvalue weighted by molar-refractivity contribution is 0.0993. The third kappa shape index (κ3) is 2.95. The molecule has 0 spiro atoms. The molecule has 0 bridgehead atoms. The second-order valence-corrected chi connectivity index (χ2v) is 6.02. The van der Waals surface area contributed by atoms with Crippen molar-refractivity contribution in [1.29, 1.82) is 5.41 Å². The fraction of sp³-hybridized carbons (Fsp3) is 0.278. The van der Waals surface area contributed by atoms with Gasteiger partial charge in [-0.3, -0.25) is 10.2 Å². The molecule has 0 atom stereocenters. The zero-order valence-corrected chi connectivity index (χ0v) is 13.9. The zero-order valence-electron chi connectivity index (χ0n) is 13.9. The van der Waals surface area contributed by atoms with Gasteiger partial charge >= 0.3 is 0 Å². The molecule has 0 aliphatic rings. The summed E-state index contributed by atoms with van der Waals surface area (Å²) in [5, 5.41) is 8.33. The number of hydrogen-bond donors (Lipinski definition) is 2. The van der Waals surface area contributed by atoms with Crippen LogP contribution in [0.2, 0.25) is 0 Å². The number of carbonyl (C=O) groups is 1. The summed E-state index contributed by atoms with van der Waals surface area (Å²) in [4.78, 5) is 16.0. The minimum absolute atomic E-state index is 0.0201. The van der Waals surface area contributed by atoms with E-state index in [-0.39, 0.29) is 11.2 Å². The number of benzene rings is 1. The van der Waals surface area contributed by atoms with Crippen molar-refractivity contribution in [1.82, 2.24) is 14.1 Å². The van der Waals surface area contributed by atoms with Crippen molar-refractivity contribution in [2.45, 2.75) is 33.4 Å². The van der Waals surface area contributed by atoms with Crippen LogP contribution in [0.1, 0.15) is 28.0 Å². The van der Waals surface area contributed by atoms with E-state index in [2.05, 4.69) is 9.55 Å². The average Bonchev–Trinajstić information content (AvgIpc) is 3.04. The molecule has 0 unspecified atom stereocenters. The fourth-order valence-corrected chi connectivity index (χ4v) is 2.85. The predicted octanol–water partition coefficient (Wildman–Crippen LogP) is 2.12. The van der Waals surface area contributed by atoms with E-state index in [9.17, 15) is 4.79 Å². The number of carbonyl (C=O) groups excluding carboxylic acids is 1. The number of primary amides is 1. The summed E-state index contributed by atoms with van der Waals surface area (Å²) in [5.41, 5.74) is 9.30. The van der Waals surface area contributed by atoms with Crippen LogP contribution >= 0.6 is 0 Å². The second-order valence-electron chi connectivity index (χ2n) is 6.02. The lowest BCUT2D eigenvalue weighted by Gasteiger charge is -2.15. The van der Waals surface area contributed by atoms with Crippen molar-refractivity contribution >= 4 is 16.9 Å². The first-order chi connectivity index (χ1) is 11.5. The van der Waals surface area contributed by atoms with E-state index in [1.807, 2.05) is 55.1 Å². The minimum atomic E-state index is -0.667. The average molecular weight is 323 g/mol. The molecule has 3 N–H and O–H groups in total. The first-order valence-corrected chi connectivity index (χ1v) is 7.94. The van der Waals surface area contributed by atoms with Gasteiger partial charge in [0.05, 0.1) is 11.0 Å². The number of amides is 1. The van der Waals surface area contributed by atoms with Crippen LogP contribution in [-0.2, 0) is 13.1 Å². The highest BCUT2D eigenvalue weighted by molar-refractivity contribution is 5.92. The Labute approximate surface area is 140 Å². The third-order valence-electron chi connectivity index (χ3n) is 4.31. The van der Waals surface area contributed by atoms with Crippen molar-refractivity contribution in [2.24, 2.45) is 5.73 Å². The number of aryl methyl sites for hydroxylation is 4. The number of rotatable bonds is 5. The van der Waals surface area contributed by atoms with Gasteiger partial charge < -0.3 is 14.9 Å². The predicted molar refractivity (Wildman–Crippen MR) is 92.6 cm³/mol. The Morgan fingerprint density at radius 2 is 1.83 bits per heavy atom. The van der Waals surface area contributed by atoms with Gasteiger partial charge in [-0.25, -0.2) is 4.98 Å². The van der Waals surface area contributed by atoms with Crippen molar-refractivity contribution in [3.8, 4) is 0 Å². The monoisotopic (exact) mass is 323 g/mol. The van der Waals surface area contributed by atoms with E-state index >= 15 is 0 Å². The van der Waals surface area contributed by atoms with Gasteiger partial charge in [-0.15, -0.1) is 0 Å². The topological polar surface area (TPSA) is 89.7 Å². The molecule has 0 aliphatic carbocycles. The van der Waals surface area contributed by atoms with Crippen molar-refractivity contribution in [3.63, 3.8) is 0 Å². The quantitative estimate of drug-likeness (QED) is 0.753.